The van der Waals surface area contributed by atoms with Crippen LogP contribution in [0, 0.1) is 11.8 Å². The Morgan fingerprint density at radius 2 is 1.60 bits per heavy atom. The Bertz CT molecular complexity index is 417. The molecule has 80 valence electrons. The van der Waals surface area contributed by atoms with Crippen molar-refractivity contribution in [3.8, 4) is 11.8 Å². The van der Waals surface area contributed by atoms with Crippen LogP contribution in [0.25, 0.3) is 0 Å². The average molecular weight is 283 g/mol. The first kappa shape index (κ1) is 13.0. The van der Waals surface area contributed by atoms with E-state index in [1.54, 1.807) is 6.92 Å². The minimum Gasteiger partial charge on any atom is -0.318 e. The highest BCUT2D eigenvalue weighted by molar-refractivity contribution is 6.48. The molecular formula is C10H7Cl4N. The zero-order valence-corrected chi connectivity index (χ0v) is 10.8. The van der Waals surface area contributed by atoms with E-state index in [1.807, 2.05) is 0 Å². The quantitative estimate of drug-likeness (QED) is 0.565. The summed E-state index contributed by atoms with van der Waals surface area (Å²) in [5, 5.41) is 1.22. The summed E-state index contributed by atoms with van der Waals surface area (Å²) in [7, 11) is 0. The summed E-state index contributed by atoms with van der Waals surface area (Å²) < 4.78 is 0. The first-order valence-electron chi connectivity index (χ1n) is 4.03. The van der Waals surface area contributed by atoms with Crippen molar-refractivity contribution >= 4 is 46.4 Å². The van der Waals surface area contributed by atoms with Crippen LogP contribution in [-0.4, -0.2) is 6.04 Å². The smallest absolute Gasteiger partial charge is 0.0764 e. The number of hydrogen-bond donors (Lipinski definition) is 1. The second-order valence-corrected chi connectivity index (χ2v) is 4.47. The van der Waals surface area contributed by atoms with E-state index >= 15 is 0 Å². The summed E-state index contributed by atoms with van der Waals surface area (Å²) in [4.78, 5) is 0. The molecule has 0 aliphatic heterocycles. The first-order valence-corrected chi connectivity index (χ1v) is 5.54. The molecule has 0 aromatic heterocycles. The number of rotatable bonds is 0. The predicted octanol–water partition coefficient (Wildman–Crippen LogP) is 4.00. The molecule has 1 rings (SSSR count). The molecule has 0 radical (unpaired) electrons. The maximum Gasteiger partial charge on any atom is 0.0764 e. The van der Waals surface area contributed by atoms with Crippen molar-refractivity contribution in [2.45, 2.75) is 13.0 Å². The van der Waals surface area contributed by atoms with Crippen LogP contribution in [0.1, 0.15) is 12.5 Å². The van der Waals surface area contributed by atoms with Gasteiger partial charge >= 0.3 is 0 Å². The maximum absolute atomic E-state index is 5.94. The van der Waals surface area contributed by atoms with Gasteiger partial charge in [0.05, 0.1) is 31.7 Å². The second-order valence-electron chi connectivity index (χ2n) is 2.90. The van der Waals surface area contributed by atoms with Gasteiger partial charge in [0.2, 0.25) is 0 Å². The van der Waals surface area contributed by atoms with Crippen molar-refractivity contribution in [3.63, 3.8) is 0 Å². The van der Waals surface area contributed by atoms with Crippen molar-refractivity contribution in [1.82, 2.24) is 0 Å². The minimum atomic E-state index is -0.269. The molecule has 0 aliphatic carbocycles. The number of benzene rings is 1. The summed E-state index contributed by atoms with van der Waals surface area (Å²) in [6.45, 7) is 1.75. The second kappa shape index (κ2) is 5.30. The zero-order chi connectivity index (χ0) is 11.6. The Kier molecular flexibility index (Phi) is 4.58. The van der Waals surface area contributed by atoms with Gasteiger partial charge < -0.3 is 5.73 Å². The van der Waals surface area contributed by atoms with E-state index in [0.29, 0.717) is 25.7 Å². The van der Waals surface area contributed by atoms with Crippen LogP contribution >= 0.6 is 46.4 Å². The highest BCUT2D eigenvalue weighted by atomic mass is 35.5. The molecule has 1 aromatic carbocycles. The number of halogens is 4. The van der Waals surface area contributed by atoms with Crippen LogP contribution < -0.4 is 5.73 Å². The van der Waals surface area contributed by atoms with Crippen LogP contribution in [0.4, 0.5) is 0 Å². The van der Waals surface area contributed by atoms with Gasteiger partial charge in [0.25, 0.3) is 0 Å². The molecule has 15 heavy (non-hydrogen) atoms. The molecule has 0 amide bonds. The largest absolute Gasteiger partial charge is 0.318 e. The van der Waals surface area contributed by atoms with Gasteiger partial charge in [0, 0.05) is 0 Å². The molecule has 0 heterocycles. The monoisotopic (exact) mass is 281 g/mol. The first-order chi connectivity index (χ1) is 6.93. The van der Waals surface area contributed by atoms with Crippen LogP contribution in [0.15, 0.2) is 6.07 Å². The van der Waals surface area contributed by atoms with Crippen molar-refractivity contribution in [2.75, 3.05) is 0 Å². The molecule has 1 aromatic rings. The Hall–Kier alpha value is -0.100. The Balaban J connectivity index is 3.35. The molecule has 1 unspecified atom stereocenters. The Labute approximate surface area is 108 Å². The van der Waals surface area contributed by atoms with E-state index < -0.39 is 0 Å². The third-order valence-electron chi connectivity index (χ3n) is 1.54. The van der Waals surface area contributed by atoms with E-state index in [-0.39, 0.29) is 6.04 Å². The summed E-state index contributed by atoms with van der Waals surface area (Å²) in [5.41, 5.74) is 5.90. The SMILES string of the molecule is CC(N)C#Cc1c(Cl)c(Cl)cc(Cl)c1Cl. The molecule has 1 nitrogen and oxygen atoms in total. The van der Waals surface area contributed by atoms with Gasteiger partial charge in [0.15, 0.2) is 0 Å². The fraction of sp³-hybridized carbons (Fsp3) is 0.200. The van der Waals surface area contributed by atoms with Crippen molar-refractivity contribution < 1.29 is 0 Å². The maximum atomic E-state index is 5.94. The van der Waals surface area contributed by atoms with Gasteiger partial charge in [-0.2, -0.15) is 0 Å². The number of hydrogen-bond acceptors (Lipinski definition) is 1. The van der Waals surface area contributed by atoms with Gasteiger partial charge in [-0.05, 0) is 13.0 Å². The van der Waals surface area contributed by atoms with E-state index in [1.165, 1.54) is 6.07 Å². The van der Waals surface area contributed by atoms with E-state index in [9.17, 15) is 0 Å². The number of nitrogens with two attached hydrogens (primary N) is 1. The zero-order valence-electron chi connectivity index (χ0n) is 7.74. The van der Waals surface area contributed by atoms with Gasteiger partial charge in [0.1, 0.15) is 0 Å². The average Bonchev–Trinajstić information content (AvgIpc) is 2.14. The molecular weight excluding hydrogens is 276 g/mol. The molecule has 0 bridgehead atoms. The molecule has 0 fully saturated rings. The van der Waals surface area contributed by atoms with Crippen LogP contribution in [0.3, 0.4) is 0 Å². The molecule has 0 spiro atoms. The van der Waals surface area contributed by atoms with Gasteiger partial charge in [-0.25, -0.2) is 0 Å². The molecule has 0 aliphatic rings. The Morgan fingerprint density at radius 1 is 1.13 bits per heavy atom. The van der Waals surface area contributed by atoms with Crippen LogP contribution in [0.2, 0.25) is 20.1 Å². The lowest BCUT2D eigenvalue weighted by Gasteiger charge is -2.04. The van der Waals surface area contributed by atoms with Crippen LogP contribution in [-0.2, 0) is 0 Å². The predicted molar refractivity (Wildman–Crippen MR) is 67.0 cm³/mol. The summed E-state index contributed by atoms with van der Waals surface area (Å²) in [6, 6.07) is 1.21. The van der Waals surface area contributed by atoms with E-state index in [4.69, 9.17) is 52.1 Å². The molecule has 1 atom stereocenters. The molecule has 2 N–H and O–H groups in total. The van der Waals surface area contributed by atoms with E-state index in [2.05, 4.69) is 11.8 Å². The third-order valence-corrected chi connectivity index (χ3v) is 3.11. The molecule has 0 saturated heterocycles. The standard InChI is InChI=1S/C10H7Cl4N/c1-5(15)2-3-6-9(13)7(11)4-8(12)10(6)14/h4-5H,15H2,1H3. The lowest BCUT2D eigenvalue weighted by Crippen LogP contribution is -2.10. The minimum absolute atomic E-state index is 0.269. The van der Waals surface area contributed by atoms with Gasteiger partial charge in [-0.15, -0.1) is 0 Å². The van der Waals surface area contributed by atoms with Crippen molar-refractivity contribution in [2.24, 2.45) is 5.73 Å². The summed E-state index contributed by atoms with van der Waals surface area (Å²) >= 11 is 23.5. The lowest BCUT2D eigenvalue weighted by atomic mass is 10.2. The van der Waals surface area contributed by atoms with E-state index in [0.717, 1.165) is 0 Å². The van der Waals surface area contributed by atoms with Gasteiger partial charge in [-0.3, -0.25) is 0 Å². The van der Waals surface area contributed by atoms with Crippen molar-refractivity contribution in [1.29, 1.82) is 0 Å². The fourth-order valence-corrected chi connectivity index (χ4v) is 1.77. The summed E-state index contributed by atoms with van der Waals surface area (Å²) in [6.07, 6.45) is 0. The molecule has 0 saturated carbocycles. The van der Waals surface area contributed by atoms with Crippen molar-refractivity contribution in [3.05, 3.63) is 31.7 Å². The topological polar surface area (TPSA) is 26.0 Å². The summed E-state index contributed by atoms with van der Waals surface area (Å²) in [5.74, 6) is 5.49. The lowest BCUT2D eigenvalue weighted by molar-refractivity contribution is 0.959. The highest BCUT2D eigenvalue weighted by Crippen LogP contribution is 2.36. The fourth-order valence-electron chi connectivity index (χ4n) is 0.869. The third kappa shape index (κ3) is 3.17. The van der Waals surface area contributed by atoms with Crippen LogP contribution in [0.5, 0.6) is 0 Å². The van der Waals surface area contributed by atoms with Gasteiger partial charge in [-0.1, -0.05) is 58.2 Å². The normalized spacial score (nSPS) is 11.9. The highest BCUT2D eigenvalue weighted by Gasteiger charge is 2.11. The molecule has 5 heteroatoms. The Morgan fingerprint density at radius 3 is 2.00 bits per heavy atom.